The molecule has 0 fully saturated rings. The van der Waals surface area contributed by atoms with Gasteiger partial charge in [-0.1, -0.05) is 156 Å². The molecule has 0 rings (SSSR count). The summed E-state index contributed by atoms with van der Waals surface area (Å²) in [7, 11) is 0. The van der Waals surface area contributed by atoms with Crippen molar-refractivity contribution in [1.82, 2.24) is 0 Å². The third kappa shape index (κ3) is 28.8. The molecule has 0 spiro atoms. The van der Waals surface area contributed by atoms with Crippen LogP contribution in [0.5, 0.6) is 0 Å². The molecule has 4 heteroatoms. The molecule has 0 bridgehead atoms. The molecule has 0 radical (unpaired) electrons. The summed E-state index contributed by atoms with van der Waals surface area (Å²) < 4.78 is 11.4. The Kier molecular flexibility index (Phi) is 31.0. The van der Waals surface area contributed by atoms with Gasteiger partial charge in [-0.3, -0.25) is 9.59 Å². The molecule has 0 aliphatic carbocycles. The van der Waals surface area contributed by atoms with E-state index >= 15 is 0 Å². The second-order valence-corrected chi connectivity index (χ2v) is 12.8. The standard InChI is InChI=1S/C37H72O4/c1-5-9-13-17-19-23-28-34(26-21-15-11-7-3)32-40-36(38)30-25-31-37(39)41-33-35(27-22-16-12-8-4)29-24-20-18-14-10-6-2/h34-35H,5-33H2,1-4H3. The molecule has 0 amide bonds. The van der Waals surface area contributed by atoms with Gasteiger partial charge < -0.3 is 9.47 Å². The molecule has 244 valence electrons. The van der Waals surface area contributed by atoms with Crippen molar-refractivity contribution in [2.24, 2.45) is 11.8 Å². The number of hydrogen-bond donors (Lipinski definition) is 0. The third-order valence-electron chi connectivity index (χ3n) is 8.59. The molecule has 0 aromatic carbocycles. The van der Waals surface area contributed by atoms with Crippen LogP contribution < -0.4 is 0 Å². The molecule has 2 atom stereocenters. The van der Waals surface area contributed by atoms with E-state index in [1.54, 1.807) is 0 Å². The minimum absolute atomic E-state index is 0.156. The summed E-state index contributed by atoms with van der Waals surface area (Å²) in [5, 5.41) is 0. The van der Waals surface area contributed by atoms with E-state index in [0.29, 0.717) is 44.3 Å². The monoisotopic (exact) mass is 581 g/mol. The smallest absolute Gasteiger partial charge is 0.305 e. The van der Waals surface area contributed by atoms with E-state index in [9.17, 15) is 9.59 Å². The van der Waals surface area contributed by atoms with Crippen molar-refractivity contribution in [1.29, 1.82) is 0 Å². The number of hydrogen-bond acceptors (Lipinski definition) is 4. The van der Waals surface area contributed by atoms with Gasteiger partial charge in [-0.15, -0.1) is 0 Å². The van der Waals surface area contributed by atoms with Crippen LogP contribution in [0.15, 0.2) is 0 Å². The van der Waals surface area contributed by atoms with Crippen molar-refractivity contribution < 1.29 is 19.1 Å². The van der Waals surface area contributed by atoms with Crippen molar-refractivity contribution in [2.75, 3.05) is 13.2 Å². The topological polar surface area (TPSA) is 52.6 Å². The lowest BCUT2D eigenvalue weighted by molar-refractivity contribution is -0.147. The molecule has 0 saturated heterocycles. The van der Waals surface area contributed by atoms with Crippen LogP contribution in [0.3, 0.4) is 0 Å². The van der Waals surface area contributed by atoms with E-state index in [4.69, 9.17) is 9.47 Å². The fourth-order valence-electron chi connectivity index (χ4n) is 5.71. The van der Waals surface area contributed by atoms with Crippen LogP contribution in [0.2, 0.25) is 0 Å². The summed E-state index contributed by atoms with van der Waals surface area (Å²) in [6.45, 7) is 10.1. The zero-order chi connectivity index (χ0) is 30.2. The molecule has 2 unspecified atom stereocenters. The lowest BCUT2D eigenvalue weighted by Gasteiger charge is -2.18. The Morgan fingerprint density at radius 1 is 0.390 bits per heavy atom. The average molecular weight is 581 g/mol. The van der Waals surface area contributed by atoms with E-state index in [1.165, 1.54) is 128 Å². The van der Waals surface area contributed by atoms with Crippen LogP contribution in [0.1, 0.15) is 201 Å². The molecule has 4 nitrogen and oxygen atoms in total. The van der Waals surface area contributed by atoms with Crippen LogP contribution in [0.25, 0.3) is 0 Å². The van der Waals surface area contributed by atoms with Crippen LogP contribution in [-0.2, 0) is 19.1 Å². The molecular formula is C37H72O4. The minimum atomic E-state index is -0.156. The second-order valence-electron chi connectivity index (χ2n) is 12.8. The zero-order valence-electron chi connectivity index (χ0n) is 28.3. The van der Waals surface area contributed by atoms with E-state index in [0.717, 1.165) is 25.7 Å². The van der Waals surface area contributed by atoms with Crippen molar-refractivity contribution in [3.63, 3.8) is 0 Å². The van der Waals surface area contributed by atoms with Gasteiger partial charge in [0.15, 0.2) is 0 Å². The van der Waals surface area contributed by atoms with E-state index in [1.807, 2.05) is 0 Å². The fourth-order valence-corrected chi connectivity index (χ4v) is 5.71. The van der Waals surface area contributed by atoms with Crippen LogP contribution in [-0.4, -0.2) is 25.2 Å². The van der Waals surface area contributed by atoms with Crippen molar-refractivity contribution in [3.05, 3.63) is 0 Å². The molecule has 0 aliphatic rings. The Morgan fingerprint density at radius 3 is 0.976 bits per heavy atom. The van der Waals surface area contributed by atoms with Crippen LogP contribution in [0.4, 0.5) is 0 Å². The molecule has 0 aliphatic heterocycles. The lowest BCUT2D eigenvalue weighted by Crippen LogP contribution is -2.16. The highest BCUT2D eigenvalue weighted by molar-refractivity contribution is 5.72. The highest BCUT2D eigenvalue weighted by atomic mass is 16.5. The Morgan fingerprint density at radius 2 is 0.659 bits per heavy atom. The molecule has 0 aromatic heterocycles. The van der Waals surface area contributed by atoms with Crippen molar-refractivity contribution in [2.45, 2.75) is 201 Å². The Bertz CT molecular complexity index is 513. The molecule has 0 heterocycles. The molecular weight excluding hydrogens is 508 g/mol. The van der Waals surface area contributed by atoms with Crippen LogP contribution >= 0.6 is 0 Å². The minimum Gasteiger partial charge on any atom is -0.465 e. The third-order valence-corrected chi connectivity index (χ3v) is 8.59. The zero-order valence-corrected chi connectivity index (χ0v) is 28.3. The predicted octanol–water partition coefficient (Wildman–Crippen LogP) is 11.9. The second kappa shape index (κ2) is 31.9. The Hall–Kier alpha value is -1.06. The van der Waals surface area contributed by atoms with Gasteiger partial charge in [0.05, 0.1) is 13.2 Å². The molecule has 0 aromatic rings. The van der Waals surface area contributed by atoms with Gasteiger partial charge >= 0.3 is 11.9 Å². The maximum Gasteiger partial charge on any atom is 0.305 e. The first-order valence-corrected chi connectivity index (χ1v) is 18.4. The SMILES string of the molecule is CCCCCCCCC(CCCCCC)COC(=O)CCCC(=O)OCC(CCCCCC)CCCCCCCC. The van der Waals surface area contributed by atoms with Gasteiger partial charge in [0.2, 0.25) is 0 Å². The van der Waals surface area contributed by atoms with E-state index < -0.39 is 0 Å². The predicted molar refractivity (Wildman–Crippen MR) is 176 cm³/mol. The van der Waals surface area contributed by atoms with Gasteiger partial charge in [-0.25, -0.2) is 0 Å². The number of carbonyl (C=O) groups excluding carboxylic acids is 2. The summed E-state index contributed by atoms with van der Waals surface area (Å²) in [5.41, 5.74) is 0. The lowest BCUT2D eigenvalue weighted by atomic mass is 9.95. The first-order chi connectivity index (χ1) is 20.1. The number of rotatable bonds is 32. The summed E-state index contributed by atoms with van der Waals surface area (Å²) in [6.07, 6.45) is 31.5. The highest BCUT2D eigenvalue weighted by Gasteiger charge is 2.15. The quantitative estimate of drug-likeness (QED) is 0.0586. The summed E-state index contributed by atoms with van der Waals surface area (Å²) in [6, 6.07) is 0. The maximum atomic E-state index is 12.4. The average Bonchev–Trinajstić information content (AvgIpc) is 2.97. The van der Waals surface area contributed by atoms with Gasteiger partial charge in [-0.2, -0.15) is 0 Å². The van der Waals surface area contributed by atoms with Crippen molar-refractivity contribution >= 4 is 11.9 Å². The molecule has 41 heavy (non-hydrogen) atoms. The Balaban J connectivity index is 4.29. The van der Waals surface area contributed by atoms with E-state index in [2.05, 4.69) is 27.7 Å². The van der Waals surface area contributed by atoms with Crippen molar-refractivity contribution in [3.8, 4) is 0 Å². The summed E-state index contributed by atoms with van der Waals surface area (Å²) >= 11 is 0. The van der Waals surface area contributed by atoms with E-state index in [-0.39, 0.29) is 11.9 Å². The highest BCUT2D eigenvalue weighted by Crippen LogP contribution is 2.21. The van der Waals surface area contributed by atoms with Gasteiger partial charge in [0.25, 0.3) is 0 Å². The summed E-state index contributed by atoms with van der Waals surface area (Å²) in [4.78, 5) is 24.9. The van der Waals surface area contributed by atoms with Crippen LogP contribution in [0, 0.1) is 11.8 Å². The number of unbranched alkanes of at least 4 members (excludes halogenated alkanes) is 16. The maximum absolute atomic E-state index is 12.4. The Labute approximate surface area is 256 Å². The van der Waals surface area contributed by atoms with Gasteiger partial charge in [0, 0.05) is 12.8 Å². The summed E-state index contributed by atoms with van der Waals surface area (Å²) in [5.74, 6) is 0.646. The first-order valence-electron chi connectivity index (χ1n) is 18.4. The number of ether oxygens (including phenoxy) is 2. The number of esters is 2. The van der Waals surface area contributed by atoms with Gasteiger partial charge in [0.1, 0.15) is 0 Å². The first kappa shape index (κ1) is 39.9. The van der Waals surface area contributed by atoms with Gasteiger partial charge in [-0.05, 0) is 43.9 Å². The normalized spacial score (nSPS) is 12.8. The molecule has 0 saturated carbocycles. The number of carbonyl (C=O) groups is 2. The fraction of sp³-hybridized carbons (Fsp3) is 0.946. The largest absolute Gasteiger partial charge is 0.465 e. The molecule has 0 N–H and O–H groups in total.